The Hall–Kier alpha value is -1.42. The number of carbonyl (C=O) groups is 1. The van der Waals surface area contributed by atoms with Gasteiger partial charge in [0.25, 0.3) is 0 Å². The summed E-state index contributed by atoms with van der Waals surface area (Å²) in [5.41, 5.74) is 0.830. The highest BCUT2D eigenvalue weighted by Gasteiger charge is 2.46. The van der Waals surface area contributed by atoms with Gasteiger partial charge in [0.2, 0.25) is 5.91 Å². The monoisotopic (exact) mass is 289 g/mol. The molecule has 1 aliphatic rings. The molecule has 1 fully saturated rings. The summed E-state index contributed by atoms with van der Waals surface area (Å²) in [4.78, 5) is 19.4. The van der Waals surface area contributed by atoms with Crippen molar-refractivity contribution in [2.45, 2.75) is 46.7 Å². The van der Waals surface area contributed by atoms with Gasteiger partial charge in [-0.2, -0.15) is 0 Å². The van der Waals surface area contributed by atoms with Crippen molar-refractivity contribution >= 4 is 5.91 Å². The van der Waals surface area contributed by atoms with Crippen LogP contribution in [0, 0.1) is 11.3 Å². The van der Waals surface area contributed by atoms with Gasteiger partial charge in [-0.1, -0.05) is 19.9 Å². The molecular weight excluding hydrogens is 262 g/mol. The molecule has 1 amide bonds. The van der Waals surface area contributed by atoms with Crippen molar-refractivity contribution in [1.82, 2.24) is 15.2 Å². The molecule has 1 aromatic heterocycles. The lowest BCUT2D eigenvalue weighted by molar-refractivity contribution is -0.146. The number of hydrogen-bond donors (Lipinski definition) is 1. The molecule has 116 valence electrons. The first kappa shape index (κ1) is 16.0. The zero-order chi connectivity index (χ0) is 15.5. The van der Waals surface area contributed by atoms with Crippen molar-refractivity contribution in [1.29, 1.82) is 0 Å². The van der Waals surface area contributed by atoms with E-state index in [1.807, 2.05) is 23.2 Å². The van der Waals surface area contributed by atoms with Crippen molar-refractivity contribution in [3.05, 3.63) is 30.1 Å². The van der Waals surface area contributed by atoms with Gasteiger partial charge in [-0.25, -0.2) is 0 Å². The molecule has 1 unspecified atom stereocenters. The molecule has 2 heterocycles. The van der Waals surface area contributed by atoms with Crippen LogP contribution in [0.2, 0.25) is 0 Å². The average molecular weight is 289 g/mol. The third kappa shape index (κ3) is 3.26. The third-order valence-corrected chi connectivity index (χ3v) is 4.68. The molecule has 1 N–H and O–H groups in total. The van der Waals surface area contributed by atoms with Crippen LogP contribution in [0.15, 0.2) is 24.5 Å². The van der Waals surface area contributed by atoms with E-state index in [0.29, 0.717) is 12.5 Å². The number of nitrogens with zero attached hydrogens (tertiary/aromatic N) is 2. The number of carbonyl (C=O) groups excluding carboxylic acids is 1. The quantitative estimate of drug-likeness (QED) is 0.905. The van der Waals surface area contributed by atoms with Crippen LogP contribution in [0.1, 0.15) is 39.7 Å². The van der Waals surface area contributed by atoms with Crippen molar-refractivity contribution in [3.63, 3.8) is 0 Å². The summed E-state index contributed by atoms with van der Waals surface area (Å²) in [5, 5.41) is 3.37. The molecule has 4 heteroatoms. The Morgan fingerprint density at radius 2 is 2.19 bits per heavy atom. The summed E-state index contributed by atoms with van der Waals surface area (Å²) < 4.78 is 0. The van der Waals surface area contributed by atoms with Crippen LogP contribution in [-0.2, 0) is 11.3 Å². The second-order valence-corrected chi connectivity index (χ2v) is 6.63. The van der Waals surface area contributed by atoms with Gasteiger partial charge in [-0.15, -0.1) is 0 Å². The largest absolute Gasteiger partial charge is 0.335 e. The zero-order valence-electron chi connectivity index (χ0n) is 13.6. The van der Waals surface area contributed by atoms with E-state index in [0.717, 1.165) is 25.1 Å². The Bertz CT molecular complexity index is 464. The number of aromatic nitrogens is 1. The highest BCUT2D eigenvalue weighted by molar-refractivity contribution is 5.84. The summed E-state index contributed by atoms with van der Waals surface area (Å²) in [6, 6.07) is 4.15. The van der Waals surface area contributed by atoms with Crippen LogP contribution in [-0.4, -0.2) is 34.9 Å². The van der Waals surface area contributed by atoms with E-state index in [1.54, 1.807) is 6.20 Å². The number of hydrogen-bond acceptors (Lipinski definition) is 3. The number of amides is 1. The Kier molecular flexibility index (Phi) is 4.99. The van der Waals surface area contributed by atoms with Crippen LogP contribution in [0.3, 0.4) is 0 Å². The lowest BCUT2D eigenvalue weighted by Crippen LogP contribution is -2.50. The van der Waals surface area contributed by atoms with Crippen LogP contribution >= 0.6 is 0 Å². The lowest BCUT2D eigenvalue weighted by atomic mass is 9.75. The molecule has 21 heavy (non-hydrogen) atoms. The number of rotatable bonds is 5. The molecule has 2 rings (SSSR count). The fraction of sp³-hybridized carbons (Fsp3) is 0.647. The molecule has 1 aromatic rings. The fourth-order valence-corrected chi connectivity index (χ4v) is 3.10. The van der Waals surface area contributed by atoms with Crippen LogP contribution < -0.4 is 5.32 Å². The molecule has 0 spiro atoms. The van der Waals surface area contributed by atoms with Crippen molar-refractivity contribution in [2.75, 3.05) is 13.1 Å². The smallest absolute Gasteiger partial charge is 0.230 e. The SMILES string of the molecule is CC(C)N(Cc1cccnc1)C(=O)C1(C(C)C)CCNC1. The molecule has 1 aliphatic heterocycles. The van der Waals surface area contributed by atoms with Gasteiger partial charge in [0.15, 0.2) is 0 Å². The minimum absolute atomic E-state index is 0.189. The first-order valence-corrected chi connectivity index (χ1v) is 7.88. The minimum atomic E-state index is -0.257. The van der Waals surface area contributed by atoms with Gasteiger partial charge >= 0.3 is 0 Å². The molecule has 4 nitrogen and oxygen atoms in total. The van der Waals surface area contributed by atoms with E-state index in [-0.39, 0.29) is 17.4 Å². The predicted molar refractivity (Wildman–Crippen MR) is 84.7 cm³/mol. The van der Waals surface area contributed by atoms with Gasteiger partial charge < -0.3 is 10.2 Å². The predicted octanol–water partition coefficient (Wildman–Crippen LogP) is 2.45. The van der Waals surface area contributed by atoms with Crippen LogP contribution in [0.4, 0.5) is 0 Å². The van der Waals surface area contributed by atoms with Gasteiger partial charge in [-0.05, 0) is 44.4 Å². The van der Waals surface area contributed by atoms with Crippen molar-refractivity contribution in [2.24, 2.45) is 11.3 Å². The second-order valence-electron chi connectivity index (χ2n) is 6.63. The van der Waals surface area contributed by atoms with Crippen LogP contribution in [0.25, 0.3) is 0 Å². The molecule has 0 aliphatic carbocycles. The Morgan fingerprint density at radius 1 is 1.43 bits per heavy atom. The van der Waals surface area contributed by atoms with Gasteiger partial charge in [-0.3, -0.25) is 9.78 Å². The van der Waals surface area contributed by atoms with E-state index < -0.39 is 0 Å². The summed E-state index contributed by atoms with van der Waals surface area (Å²) in [7, 11) is 0. The number of nitrogens with one attached hydrogen (secondary N) is 1. The number of pyridine rings is 1. The maximum Gasteiger partial charge on any atom is 0.230 e. The molecule has 0 bridgehead atoms. The van der Waals surface area contributed by atoms with Gasteiger partial charge in [0, 0.05) is 31.5 Å². The molecule has 1 saturated heterocycles. The Labute approximate surface area is 127 Å². The second kappa shape index (κ2) is 6.56. The van der Waals surface area contributed by atoms with E-state index in [1.165, 1.54) is 0 Å². The van der Waals surface area contributed by atoms with Gasteiger partial charge in [0.1, 0.15) is 0 Å². The molecule has 0 saturated carbocycles. The first-order chi connectivity index (χ1) is 9.97. The molecular formula is C17H27N3O. The van der Waals surface area contributed by atoms with Crippen molar-refractivity contribution in [3.8, 4) is 0 Å². The van der Waals surface area contributed by atoms with Crippen molar-refractivity contribution < 1.29 is 4.79 Å². The minimum Gasteiger partial charge on any atom is -0.335 e. The fourth-order valence-electron chi connectivity index (χ4n) is 3.10. The first-order valence-electron chi connectivity index (χ1n) is 7.88. The highest BCUT2D eigenvalue weighted by atomic mass is 16.2. The topological polar surface area (TPSA) is 45.2 Å². The van der Waals surface area contributed by atoms with Crippen LogP contribution in [0.5, 0.6) is 0 Å². The summed E-state index contributed by atoms with van der Waals surface area (Å²) >= 11 is 0. The summed E-state index contributed by atoms with van der Waals surface area (Å²) in [6.45, 7) is 10.9. The molecule has 0 aromatic carbocycles. The average Bonchev–Trinajstić information content (AvgIpc) is 2.95. The maximum atomic E-state index is 13.2. The molecule has 1 atom stereocenters. The Morgan fingerprint density at radius 3 is 2.67 bits per heavy atom. The highest BCUT2D eigenvalue weighted by Crippen LogP contribution is 2.37. The standard InChI is InChI=1S/C17H27N3O/c1-13(2)17(7-9-19-12-17)16(21)20(14(3)4)11-15-6-5-8-18-10-15/h5-6,8,10,13-14,19H,7,9,11-12H2,1-4H3. The Balaban J connectivity index is 2.23. The summed E-state index contributed by atoms with van der Waals surface area (Å²) in [5.74, 6) is 0.622. The van der Waals surface area contributed by atoms with Gasteiger partial charge in [0.05, 0.1) is 5.41 Å². The lowest BCUT2D eigenvalue weighted by Gasteiger charge is -2.38. The normalized spacial score (nSPS) is 22.0. The van der Waals surface area contributed by atoms with E-state index in [4.69, 9.17) is 0 Å². The van der Waals surface area contributed by atoms with E-state index in [9.17, 15) is 4.79 Å². The maximum absolute atomic E-state index is 13.2. The molecule has 0 radical (unpaired) electrons. The van der Waals surface area contributed by atoms with E-state index in [2.05, 4.69) is 38.0 Å². The van der Waals surface area contributed by atoms with E-state index >= 15 is 0 Å². The zero-order valence-corrected chi connectivity index (χ0v) is 13.6. The summed E-state index contributed by atoms with van der Waals surface area (Å²) in [6.07, 6.45) is 4.54. The third-order valence-electron chi connectivity index (χ3n) is 4.68.